The Hall–Kier alpha value is -2.37. The van der Waals surface area contributed by atoms with Gasteiger partial charge in [-0.3, -0.25) is 0 Å². The molecule has 2 aromatic carbocycles. The summed E-state index contributed by atoms with van der Waals surface area (Å²) < 4.78 is 11.5. The van der Waals surface area contributed by atoms with E-state index in [4.69, 9.17) is 9.47 Å². The van der Waals surface area contributed by atoms with Crippen LogP contribution in [0, 0.1) is 5.92 Å². The quantitative estimate of drug-likeness (QED) is 0.862. The summed E-state index contributed by atoms with van der Waals surface area (Å²) in [6.07, 6.45) is 2.09. The van der Waals surface area contributed by atoms with Crippen molar-refractivity contribution in [1.29, 1.82) is 0 Å². The van der Waals surface area contributed by atoms with E-state index in [-0.39, 0.29) is 30.1 Å². The van der Waals surface area contributed by atoms with E-state index in [0.29, 0.717) is 26.4 Å². The van der Waals surface area contributed by atoms with E-state index in [9.17, 15) is 9.90 Å². The zero-order valence-electron chi connectivity index (χ0n) is 16.5. The molecule has 2 aliphatic carbocycles. The number of rotatable bonds is 3. The molecule has 0 bridgehead atoms. The number of nitrogens with zero attached hydrogens (tertiary/aromatic N) is 1. The van der Waals surface area contributed by atoms with E-state index in [1.54, 1.807) is 4.90 Å². The third-order valence-electron chi connectivity index (χ3n) is 6.76. The highest BCUT2D eigenvalue weighted by Crippen LogP contribution is 2.44. The van der Waals surface area contributed by atoms with Gasteiger partial charge in [0.2, 0.25) is 0 Å². The Balaban J connectivity index is 1.32. The van der Waals surface area contributed by atoms with Crippen LogP contribution in [0.15, 0.2) is 48.5 Å². The number of benzene rings is 2. The fourth-order valence-corrected chi connectivity index (χ4v) is 5.30. The van der Waals surface area contributed by atoms with E-state index in [0.717, 1.165) is 19.3 Å². The summed E-state index contributed by atoms with van der Waals surface area (Å²) in [5.74, 6) is 0.138. The monoisotopic (exact) mass is 393 g/mol. The van der Waals surface area contributed by atoms with E-state index in [1.807, 2.05) is 12.1 Å². The van der Waals surface area contributed by atoms with Crippen molar-refractivity contribution in [1.82, 2.24) is 4.90 Å². The molecule has 0 spiro atoms. The van der Waals surface area contributed by atoms with Gasteiger partial charge in [-0.1, -0.05) is 55.0 Å². The highest BCUT2D eigenvalue weighted by atomic mass is 16.6. The molecule has 1 amide bonds. The van der Waals surface area contributed by atoms with Crippen molar-refractivity contribution in [3.63, 3.8) is 0 Å². The molecule has 5 nitrogen and oxygen atoms in total. The van der Waals surface area contributed by atoms with Crippen LogP contribution in [0.25, 0.3) is 11.1 Å². The molecule has 3 unspecified atom stereocenters. The van der Waals surface area contributed by atoms with E-state index < -0.39 is 0 Å². The summed E-state index contributed by atoms with van der Waals surface area (Å²) in [6, 6.07) is 16.6. The highest BCUT2D eigenvalue weighted by Gasteiger charge is 2.40. The van der Waals surface area contributed by atoms with E-state index >= 15 is 0 Å². The first kappa shape index (κ1) is 18.6. The average molecular weight is 393 g/mol. The average Bonchev–Trinajstić information content (AvgIpc) is 3.33. The lowest BCUT2D eigenvalue weighted by atomic mass is 9.94. The van der Waals surface area contributed by atoms with Crippen LogP contribution in [0.5, 0.6) is 0 Å². The van der Waals surface area contributed by atoms with Crippen LogP contribution < -0.4 is 0 Å². The van der Waals surface area contributed by atoms with Crippen LogP contribution >= 0.6 is 0 Å². The normalized spacial score (nSPS) is 26.2. The van der Waals surface area contributed by atoms with Gasteiger partial charge in [0, 0.05) is 18.4 Å². The van der Waals surface area contributed by atoms with Gasteiger partial charge in [0.25, 0.3) is 0 Å². The van der Waals surface area contributed by atoms with Gasteiger partial charge in [-0.25, -0.2) is 4.79 Å². The van der Waals surface area contributed by atoms with Gasteiger partial charge in [0.1, 0.15) is 6.61 Å². The number of amides is 1. The van der Waals surface area contributed by atoms with Crippen molar-refractivity contribution in [2.24, 2.45) is 5.92 Å². The maximum atomic E-state index is 13.0. The Labute approximate surface area is 171 Å². The number of carbonyl (C=O) groups is 1. The van der Waals surface area contributed by atoms with Crippen LogP contribution in [0.1, 0.15) is 36.3 Å². The van der Waals surface area contributed by atoms with Crippen molar-refractivity contribution >= 4 is 6.09 Å². The van der Waals surface area contributed by atoms with Crippen molar-refractivity contribution in [2.45, 2.75) is 37.3 Å². The Kier molecular flexibility index (Phi) is 5.02. The SMILES string of the molecule is O=C(OCC1c2ccccc2-c2ccccc21)N1CCOCC1C1CCCC1O. The van der Waals surface area contributed by atoms with Crippen LogP contribution in [0.4, 0.5) is 4.79 Å². The predicted octanol–water partition coefficient (Wildman–Crippen LogP) is 3.80. The van der Waals surface area contributed by atoms with E-state index in [2.05, 4.69) is 36.4 Å². The Morgan fingerprint density at radius 2 is 1.76 bits per heavy atom. The number of fused-ring (bicyclic) bond motifs is 3. The molecule has 3 atom stereocenters. The van der Waals surface area contributed by atoms with Crippen LogP contribution in [-0.4, -0.2) is 54.6 Å². The molecule has 152 valence electrons. The number of hydrogen-bond donors (Lipinski definition) is 1. The van der Waals surface area contributed by atoms with E-state index in [1.165, 1.54) is 22.3 Å². The van der Waals surface area contributed by atoms with Crippen LogP contribution in [-0.2, 0) is 9.47 Å². The number of carbonyl (C=O) groups excluding carboxylic acids is 1. The Morgan fingerprint density at radius 3 is 2.41 bits per heavy atom. The lowest BCUT2D eigenvalue weighted by Gasteiger charge is -2.39. The number of ether oxygens (including phenoxy) is 2. The minimum absolute atomic E-state index is 0.0583. The summed E-state index contributed by atoms with van der Waals surface area (Å²) in [7, 11) is 0. The topological polar surface area (TPSA) is 59.0 Å². The van der Waals surface area contributed by atoms with Gasteiger partial charge in [-0.05, 0) is 35.1 Å². The first-order valence-electron chi connectivity index (χ1n) is 10.6. The smallest absolute Gasteiger partial charge is 0.410 e. The fourth-order valence-electron chi connectivity index (χ4n) is 5.30. The number of aliphatic hydroxyl groups is 1. The van der Waals surface area contributed by atoms with Crippen molar-refractivity contribution < 1.29 is 19.4 Å². The van der Waals surface area contributed by atoms with Crippen molar-refractivity contribution in [3.8, 4) is 11.1 Å². The third-order valence-corrected chi connectivity index (χ3v) is 6.76. The summed E-state index contributed by atoms with van der Waals surface area (Å²) >= 11 is 0. The minimum atomic E-state index is -0.356. The van der Waals surface area contributed by atoms with Crippen molar-refractivity contribution in [2.75, 3.05) is 26.4 Å². The second kappa shape index (κ2) is 7.81. The Morgan fingerprint density at radius 1 is 1.07 bits per heavy atom. The largest absolute Gasteiger partial charge is 0.448 e. The van der Waals surface area contributed by atoms with Gasteiger partial charge in [0.05, 0.1) is 25.4 Å². The number of hydrogen-bond acceptors (Lipinski definition) is 4. The first-order chi connectivity index (χ1) is 14.2. The summed E-state index contributed by atoms with van der Waals surface area (Å²) in [5, 5.41) is 10.3. The van der Waals surface area contributed by atoms with Gasteiger partial charge in [0.15, 0.2) is 0 Å². The summed E-state index contributed by atoms with van der Waals surface area (Å²) in [5.41, 5.74) is 4.88. The minimum Gasteiger partial charge on any atom is -0.448 e. The molecule has 1 heterocycles. The molecule has 0 radical (unpaired) electrons. The molecule has 1 saturated carbocycles. The molecule has 2 aromatic rings. The van der Waals surface area contributed by atoms with Crippen LogP contribution in [0.3, 0.4) is 0 Å². The summed E-state index contributed by atoms with van der Waals surface area (Å²) in [4.78, 5) is 14.8. The second-order valence-electron chi connectivity index (χ2n) is 8.30. The predicted molar refractivity (Wildman–Crippen MR) is 110 cm³/mol. The second-order valence-corrected chi connectivity index (χ2v) is 8.30. The molecule has 3 aliphatic rings. The molecule has 1 saturated heterocycles. The molecule has 29 heavy (non-hydrogen) atoms. The highest BCUT2D eigenvalue weighted by molar-refractivity contribution is 5.79. The number of morpholine rings is 1. The molecule has 5 heteroatoms. The lowest BCUT2D eigenvalue weighted by Crippen LogP contribution is -2.53. The molecule has 1 N–H and O–H groups in total. The molecule has 1 aliphatic heterocycles. The molecule has 5 rings (SSSR count). The maximum absolute atomic E-state index is 13.0. The standard InChI is InChI=1S/C24H27NO4/c26-23-11-5-10-20(23)22-15-28-13-12-25(22)24(27)29-14-21-18-8-3-1-6-16(18)17-7-2-4-9-19(17)21/h1-4,6-9,20-23,26H,5,10-15H2. The molecule has 0 aromatic heterocycles. The third kappa shape index (κ3) is 3.32. The van der Waals surface area contributed by atoms with Gasteiger partial charge >= 0.3 is 6.09 Å². The molecular formula is C24H27NO4. The Bertz CT molecular complexity index is 852. The zero-order valence-corrected chi connectivity index (χ0v) is 16.5. The maximum Gasteiger partial charge on any atom is 0.410 e. The van der Waals surface area contributed by atoms with Crippen LogP contribution in [0.2, 0.25) is 0 Å². The van der Waals surface area contributed by atoms with Crippen molar-refractivity contribution in [3.05, 3.63) is 59.7 Å². The number of aliphatic hydroxyl groups excluding tert-OH is 1. The van der Waals surface area contributed by atoms with Gasteiger partial charge in [-0.15, -0.1) is 0 Å². The lowest BCUT2D eigenvalue weighted by molar-refractivity contribution is -0.0458. The van der Waals surface area contributed by atoms with Gasteiger partial charge in [-0.2, -0.15) is 0 Å². The molecular weight excluding hydrogens is 366 g/mol. The first-order valence-corrected chi connectivity index (χ1v) is 10.6. The molecule has 2 fully saturated rings. The van der Waals surface area contributed by atoms with Gasteiger partial charge < -0.3 is 19.5 Å². The fraction of sp³-hybridized carbons (Fsp3) is 0.458. The zero-order chi connectivity index (χ0) is 19.8. The summed E-state index contributed by atoms with van der Waals surface area (Å²) in [6.45, 7) is 1.84.